The Morgan fingerprint density at radius 2 is 2.33 bits per heavy atom. The highest BCUT2D eigenvalue weighted by Gasteiger charge is 2.29. The van der Waals surface area contributed by atoms with Crippen molar-refractivity contribution in [3.63, 3.8) is 0 Å². The van der Waals surface area contributed by atoms with Crippen molar-refractivity contribution in [2.24, 2.45) is 0 Å². The number of anilines is 1. The number of hydrogen-bond acceptors (Lipinski definition) is 3. The van der Waals surface area contributed by atoms with Crippen molar-refractivity contribution in [1.29, 1.82) is 0 Å². The minimum atomic E-state index is -1.22. The van der Waals surface area contributed by atoms with Crippen LogP contribution >= 0.6 is 0 Å². The van der Waals surface area contributed by atoms with Gasteiger partial charge in [-0.15, -0.1) is 0 Å². The molecule has 0 saturated carbocycles. The second kappa shape index (κ2) is 3.75. The number of aliphatic hydroxyl groups excluding tert-OH is 1. The SMILES string of the molecule is CC(=O)Nc1cccc2c1S(=O)CC2O. The monoisotopic (exact) mass is 225 g/mol. The van der Waals surface area contributed by atoms with Crippen molar-refractivity contribution >= 4 is 22.4 Å². The molecule has 80 valence electrons. The Morgan fingerprint density at radius 1 is 1.60 bits per heavy atom. The summed E-state index contributed by atoms with van der Waals surface area (Å²) in [6, 6.07) is 5.15. The minimum Gasteiger partial charge on any atom is -0.387 e. The van der Waals surface area contributed by atoms with Gasteiger partial charge in [0.2, 0.25) is 5.91 Å². The number of aliphatic hydroxyl groups is 1. The number of nitrogens with one attached hydrogen (secondary N) is 1. The maximum Gasteiger partial charge on any atom is 0.221 e. The number of benzene rings is 1. The van der Waals surface area contributed by atoms with E-state index >= 15 is 0 Å². The molecule has 2 N–H and O–H groups in total. The summed E-state index contributed by atoms with van der Waals surface area (Å²) in [7, 11) is -1.22. The Morgan fingerprint density at radius 3 is 3.00 bits per heavy atom. The van der Waals surface area contributed by atoms with E-state index < -0.39 is 16.9 Å². The standard InChI is InChI=1S/C10H11NO3S/c1-6(12)11-8-4-2-3-7-9(13)5-15(14)10(7)8/h2-4,9,13H,5H2,1H3,(H,11,12). The molecule has 0 bridgehead atoms. The van der Waals surface area contributed by atoms with Gasteiger partial charge in [-0.1, -0.05) is 12.1 Å². The lowest BCUT2D eigenvalue weighted by Crippen LogP contribution is -2.08. The molecule has 1 heterocycles. The van der Waals surface area contributed by atoms with E-state index in [0.717, 1.165) is 0 Å². The van der Waals surface area contributed by atoms with Gasteiger partial charge in [-0.05, 0) is 11.6 Å². The van der Waals surface area contributed by atoms with Gasteiger partial charge in [-0.3, -0.25) is 9.00 Å². The highest BCUT2D eigenvalue weighted by atomic mass is 32.2. The average Bonchev–Trinajstić information content (AvgIpc) is 2.43. The summed E-state index contributed by atoms with van der Waals surface area (Å²) >= 11 is 0. The zero-order chi connectivity index (χ0) is 11.0. The molecule has 1 aliphatic heterocycles. The molecule has 2 atom stereocenters. The normalized spacial score (nSPS) is 23.6. The Bertz CT molecular complexity index is 444. The van der Waals surface area contributed by atoms with Gasteiger partial charge in [-0.2, -0.15) is 0 Å². The van der Waals surface area contributed by atoms with Crippen LogP contribution in [0.3, 0.4) is 0 Å². The largest absolute Gasteiger partial charge is 0.387 e. The number of hydrogen-bond donors (Lipinski definition) is 2. The molecular weight excluding hydrogens is 214 g/mol. The number of fused-ring (bicyclic) bond motifs is 1. The predicted molar refractivity (Wildman–Crippen MR) is 57.0 cm³/mol. The fourth-order valence-electron chi connectivity index (χ4n) is 1.68. The van der Waals surface area contributed by atoms with Crippen LogP contribution in [-0.4, -0.2) is 21.0 Å². The maximum absolute atomic E-state index is 11.7. The maximum atomic E-state index is 11.7. The van der Waals surface area contributed by atoms with Gasteiger partial charge in [0, 0.05) is 6.92 Å². The number of amides is 1. The van der Waals surface area contributed by atoms with Gasteiger partial charge in [-0.25, -0.2) is 0 Å². The molecule has 5 heteroatoms. The zero-order valence-electron chi connectivity index (χ0n) is 8.19. The van der Waals surface area contributed by atoms with Crippen LogP contribution < -0.4 is 5.32 Å². The number of carbonyl (C=O) groups is 1. The molecule has 0 aliphatic carbocycles. The van der Waals surface area contributed by atoms with E-state index in [1.807, 2.05) is 0 Å². The first-order valence-electron chi connectivity index (χ1n) is 4.56. The molecule has 1 aromatic rings. The highest BCUT2D eigenvalue weighted by molar-refractivity contribution is 7.85. The van der Waals surface area contributed by atoms with Crippen LogP contribution in [0.4, 0.5) is 5.69 Å². The summed E-state index contributed by atoms with van der Waals surface area (Å²) in [4.78, 5) is 11.5. The molecule has 2 rings (SSSR count). The minimum absolute atomic E-state index is 0.207. The van der Waals surface area contributed by atoms with E-state index in [2.05, 4.69) is 5.32 Å². The Balaban J connectivity index is 2.50. The van der Waals surface area contributed by atoms with E-state index in [0.29, 0.717) is 16.1 Å². The van der Waals surface area contributed by atoms with Crippen molar-refractivity contribution in [2.75, 3.05) is 11.1 Å². The van der Waals surface area contributed by atoms with Crippen LogP contribution in [0.2, 0.25) is 0 Å². The summed E-state index contributed by atoms with van der Waals surface area (Å²) in [6.07, 6.45) is -0.686. The molecule has 0 fully saturated rings. The second-order valence-corrected chi connectivity index (χ2v) is 4.87. The van der Waals surface area contributed by atoms with Crippen LogP contribution in [0.5, 0.6) is 0 Å². The highest BCUT2D eigenvalue weighted by Crippen LogP contribution is 2.35. The van der Waals surface area contributed by atoms with E-state index in [4.69, 9.17) is 0 Å². The molecule has 1 aliphatic rings. The molecule has 2 unspecified atom stereocenters. The van der Waals surface area contributed by atoms with Crippen LogP contribution in [0.25, 0.3) is 0 Å². The van der Waals surface area contributed by atoms with Crippen molar-refractivity contribution in [3.8, 4) is 0 Å². The molecule has 4 nitrogen and oxygen atoms in total. The Kier molecular flexibility index (Phi) is 2.58. The Hall–Kier alpha value is -1.20. The number of rotatable bonds is 1. The molecule has 1 amide bonds. The summed E-state index contributed by atoms with van der Waals surface area (Å²) in [5, 5.41) is 12.2. The average molecular weight is 225 g/mol. The molecule has 1 aromatic carbocycles. The number of carbonyl (C=O) groups excluding carboxylic acids is 1. The smallest absolute Gasteiger partial charge is 0.221 e. The van der Waals surface area contributed by atoms with Gasteiger partial charge in [0.05, 0.1) is 33.2 Å². The van der Waals surface area contributed by atoms with Gasteiger partial charge in [0.15, 0.2) is 0 Å². The third-order valence-electron chi connectivity index (χ3n) is 2.25. The molecule has 0 saturated heterocycles. The van der Waals surface area contributed by atoms with Crippen LogP contribution in [0, 0.1) is 0 Å². The van der Waals surface area contributed by atoms with Gasteiger partial charge < -0.3 is 10.4 Å². The summed E-state index contributed by atoms with van der Waals surface area (Å²) in [6.45, 7) is 1.40. The van der Waals surface area contributed by atoms with Crippen LogP contribution in [-0.2, 0) is 15.6 Å². The molecule has 0 radical (unpaired) electrons. The lowest BCUT2D eigenvalue weighted by Gasteiger charge is -2.07. The summed E-state index contributed by atoms with van der Waals surface area (Å²) in [5.41, 5.74) is 1.19. The van der Waals surface area contributed by atoms with E-state index in [9.17, 15) is 14.1 Å². The van der Waals surface area contributed by atoms with Gasteiger partial charge >= 0.3 is 0 Å². The summed E-state index contributed by atoms with van der Waals surface area (Å²) < 4.78 is 11.7. The molecular formula is C10H11NO3S. The fourth-order valence-corrected chi connectivity index (χ4v) is 3.14. The van der Waals surface area contributed by atoms with Crippen molar-refractivity contribution in [3.05, 3.63) is 23.8 Å². The first-order valence-corrected chi connectivity index (χ1v) is 5.88. The lowest BCUT2D eigenvalue weighted by atomic mass is 10.1. The third-order valence-corrected chi connectivity index (χ3v) is 3.78. The first-order chi connectivity index (χ1) is 7.09. The van der Waals surface area contributed by atoms with E-state index in [-0.39, 0.29) is 11.7 Å². The van der Waals surface area contributed by atoms with Gasteiger partial charge in [0.25, 0.3) is 0 Å². The quantitative estimate of drug-likeness (QED) is 0.743. The van der Waals surface area contributed by atoms with Crippen molar-refractivity contribution in [1.82, 2.24) is 0 Å². The predicted octanol–water partition coefficient (Wildman–Crippen LogP) is 0.800. The van der Waals surface area contributed by atoms with E-state index in [1.165, 1.54) is 6.92 Å². The Labute approximate surface area is 89.8 Å². The second-order valence-electron chi connectivity index (χ2n) is 3.43. The van der Waals surface area contributed by atoms with E-state index in [1.54, 1.807) is 18.2 Å². The summed E-state index contributed by atoms with van der Waals surface area (Å²) in [5.74, 6) is 0.00754. The van der Waals surface area contributed by atoms with Crippen LogP contribution in [0.15, 0.2) is 23.1 Å². The third kappa shape index (κ3) is 1.80. The molecule has 15 heavy (non-hydrogen) atoms. The van der Waals surface area contributed by atoms with Gasteiger partial charge in [0.1, 0.15) is 0 Å². The van der Waals surface area contributed by atoms with Crippen molar-refractivity contribution < 1.29 is 14.1 Å². The topological polar surface area (TPSA) is 66.4 Å². The van der Waals surface area contributed by atoms with Crippen LogP contribution in [0.1, 0.15) is 18.6 Å². The zero-order valence-corrected chi connectivity index (χ0v) is 9.00. The van der Waals surface area contributed by atoms with Crippen molar-refractivity contribution in [2.45, 2.75) is 17.9 Å². The first kappa shape index (κ1) is 10.3. The molecule has 0 spiro atoms. The molecule has 0 aromatic heterocycles. The lowest BCUT2D eigenvalue weighted by molar-refractivity contribution is -0.114. The fraction of sp³-hybridized carbons (Fsp3) is 0.300.